The van der Waals surface area contributed by atoms with Gasteiger partial charge >= 0.3 is 12.5 Å². The molecule has 25 heavy (non-hydrogen) atoms. The van der Waals surface area contributed by atoms with Gasteiger partial charge in [-0.1, -0.05) is 12.1 Å². The summed E-state index contributed by atoms with van der Waals surface area (Å²) in [5.41, 5.74) is 0.289. The molecule has 1 amide bonds. The highest BCUT2D eigenvalue weighted by Crippen LogP contribution is 2.37. The minimum absolute atomic E-state index is 0.0797. The Morgan fingerprint density at radius 2 is 2.12 bits per heavy atom. The van der Waals surface area contributed by atoms with Crippen LogP contribution in [-0.4, -0.2) is 34.1 Å². The van der Waals surface area contributed by atoms with Crippen molar-refractivity contribution in [3.05, 3.63) is 42.2 Å². The number of carbonyl (C=O) groups is 1. The minimum atomic E-state index is -4.70. The number of benzene rings is 1. The molecule has 5 nitrogen and oxygen atoms in total. The Bertz CT molecular complexity index is 726. The number of anilines is 1. The quantitative estimate of drug-likeness (QED) is 0.545. The second kappa shape index (κ2) is 7.73. The normalized spacial score (nSPS) is 11.6. The average molecular weight is 380 g/mol. The molecule has 0 spiro atoms. The van der Waals surface area contributed by atoms with Gasteiger partial charge in [0, 0.05) is 12.4 Å². The van der Waals surface area contributed by atoms with Gasteiger partial charge in [0.2, 0.25) is 5.91 Å². The third kappa shape index (κ3) is 4.41. The van der Waals surface area contributed by atoms with Crippen LogP contribution in [0.25, 0.3) is 0 Å². The van der Waals surface area contributed by atoms with E-state index in [0.29, 0.717) is 5.56 Å². The van der Waals surface area contributed by atoms with Gasteiger partial charge in [0.15, 0.2) is 5.75 Å². The maximum absolute atomic E-state index is 13.3. The standard InChI is InChI=1S/C15H14ClF4N3O2/c1-10-4-2-5-11(25-15(19,20)14(17)18)13(10)23(12(24)8-16)9-22-7-3-6-21-22/h2-7,14H,8-9H2,1H3. The summed E-state index contributed by atoms with van der Waals surface area (Å²) in [5.74, 6) is -1.63. The van der Waals surface area contributed by atoms with Crippen molar-refractivity contribution in [2.75, 3.05) is 10.8 Å². The molecule has 136 valence electrons. The molecule has 0 aliphatic heterocycles. The Labute approximate surface area is 145 Å². The van der Waals surface area contributed by atoms with Crippen LogP contribution in [0, 0.1) is 6.92 Å². The van der Waals surface area contributed by atoms with Crippen LogP contribution in [0.2, 0.25) is 0 Å². The number of hydrogen-bond donors (Lipinski definition) is 0. The summed E-state index contributed by atoms with van der Waals surface area (Å²) in [6.45, 7) is 1.38. The molecule has 1 aromatic carbocycles. The molecule has 0 saturated carbocycles. The van der Waals surface area contributed by atoms with Crippen LogP contribution >= 0.6 is 11.6 Å². The molecule has 0 radical (unpaired) electrons. The molecule has 0 aliphatic rings. The fraction of sp³-hybridized carbons (Fsp3) is 0.333. The molecule has 0 atom stereocenters. The van der Waals surface area contributed by atoms with E-state index in [4.69, 9.17) is 11.6 Å². The van der Waals surface area contributed by atoms with E-state index in [1.165, 1.54) is 29.9 Å². The van der Waals surface area contributed by atoms with E-state index in [0.717, 1.165) is 11.0 Å². The van der Waals surface area contributed by atoms with Crippen LogP contribution in [0.5, 0.6) is 5.75 Å². The highest BCUT2D eigenvalue weighted by molar-refractivity contribution is 6.29. The van der Waals surface area contributed by atoms with Crippen molar-refractivity contribution in [1.82, 2.24) is 9.78 Å². The number of halogens is 5. The van der Waals surface area contributed by atoms with Crippen molar-refractivity contribution in [2.45, 2.75) is 26.1 Å². The SMILES string of the molecule is Cc1cccc(OC(F)(F)C(F)F)c1N(Cn1cccn1)C(=O)CCl. The van der Waals surface area contributed by atoms with Gasteiger partial charge in [-0.05, 0) is 24.6 Å². The van der Waals surface area contributed by atoms with Crippen molar-refractivity contribution in [1.29, 1.82) is 0 Å². The minimum Gasteiger partial charge on any atom is -0.426 e. The van der Waals surface area contributed by atoms with Gasteiger partial charge in [-0.2, -0.15) is 22.7 Å². The highest BCUT2D eigenvalue weighted by atomic mass is 35.5. The van der Waals surface area contributed by atoms with Gasteiger partial charge in [0.25, 0.3) is 0 Å². The zero-order chi connectivity index (χ0) is 18.6. The topological polar surface area (TPSA) is 47.4 Å². The molecule has 0 unspecified atom stereocenters. The van der Waals surface area contributed by atoms with E-state index in [1.807, 2.05) is 0 Å². The number of ether oxygens (including phenoxy) is 1. The first-order valence-corrected chi connectivity index (χ1v) is 7.58. The van der Waals surface area contributed by atoms with E-state index >= 15 is 0 Å². The molecule has 0 saturated heterocycles. The van der Waals surface area contributed by atoms with Gasteiger partial charge in [0.05, 0.1) is 5.69 Å². The number of carbonyl (C=O) groups excluding carboxylic acids is 1. The number of rotatable bonds is 7. The fourth-order valence-electron chi connectivity index (χ4n) is 2.13. The predicted octanol–water partition coefficient (Wildman–Crippen LogP) is 3.66. The number of aromatic nitrogens is 2. The highest BCUT2D eigenvalue weighted by Gasteiger charge is 2.44. The van der Waals surface area contributed by atoms with Crippen molar-refractivity contribution in [3.8, 4) is 5.75 Å². The fourth-order valence-corrected chi connectivity index (χ4v) is 2.27. The van der Waals surface area contributed by atoms with Crippen molar-refractivity contribution in [3.63, 3.8) is 0 Å². The monoisotopic (exact) mass is 379 g/mol. The summed E-state index contributed by atoms with van der Waals surface area (Å²) < 4.78 is 57.2. The summed E-state index contributed by atoms with van der Waals surface area (Å²) in [4.78, 5) is 13.3. The maximum atomic E-state index is 13.3. The third-order valence-corrected chi connectivity index (χ3v) is 3.46. The summed E-state index contributed by atoms with van der Waals surface area (Å²) in [7, 11) is 0. The summed E-state index contributed by atoms with van der Waals surface area (Å²) in [6.07, 6.45) is -5.72. The van der Waals surface area contributed by atoms with Gasteiger partial charge in [0.1, 0.15) is 12.5 Å². The zero-order valence-corrected chi connectivity index (χ0v) is 13.8. The van der Waals surface area contributed by atoms with Crippen molar-refractivity contribution < 1.29 is 27.1 Å². The van der Waals surface area contributed by atoms with E-state index in [9.17, 15) is 22.4 Å². The van der Waals surface area contributed by atoms with Gasteiger partial charge in [-0.3, -0.25) is 14.4 Å². The lowest BCUT2D eigenvalue weighted by Crippen LogP contribution is -2.37. The Morgan fingerprint density at radius 1 is 1.40 bits per heavy atom. The number of para-hydroxylation sites is 1. The number of amides is 1. The first-order valence-electron chi connectivity index (χ1n) is 7.04. The molecular weight excluding hydrogens is 366 g/mol. The lowest BCUT2D eigenvalue weighted by atomic mass is 10.1. The second-order valence-corrected chi connectivity index (χ2v) is 5.30. The third-order valence-electron chi connectivity index (χ3n) is 3.23. The van der Waals surface area contributed by atoms with Crippen LogP contribution in [0.4, 0.5) is 23.2 Å². The van der Waals surface area contributed by atoms with Crippen LogP contribution in [0.1, 0.15) is 5.56 Å². The molecular formula is C15H14ClF4N3O2. The van der Waals surface area contributed by atoms with E-state index in [1.54, 1.807) is 12.3 Å². The summed E-state index contributed by atoms with van der Waals surface area (Å²) >= 11 is 5.60. The molecule has 0 bridgehead atoms. The first kappa shape index (κ1) is 19.0. The zero-order valence-electron chi connectivity index (χ0n) is 13.0. The number of nitrogens with zero attached hydrogens (tertiary/aromatic N) is 3. The molecule has 1 aromatic heterocycles. The summed E-state index contributed by atoms with van der Waals surface area (Å²) in [6, 6.07) is 5.56. The Kier molecular flexibility index (Phi) is 5.89. The molecule has 0 aliphatic carbocycles. The van der Waals surface area contributed by atoms with Crippen LogP contribution in [0.3, 0.4) is 0 Å². The number of hydrogen-bond acceptors (Lipinski definition) is 3. The molecule has 2 aromatic rings. The first-order chi connectivity index (χ1) is 11.8. The predicted molar refractivity (Wildman–Crippen MR) is 83.2 cm³/mol. The lowest BCUT2D eigenvalue weighted by Gasteiger charge is -2.27. The van der Waals surface area contributed by atoms with E-state index in [2.05, 4.69) is 9.84 Å². The molecule has 1 heterocycles. The molecule has 10 heteroatoms. The Balaban J connectivity index is 2.47. The van der Waals surface area contributed by atoms with E-state index < -0.39 is 30.1 Å². The van der Waals surface area contributed by atoms with Crippen molar-refractivity contribution in [2.24, 2.45) is 0 Å². The maximum Gasteiger partial charge on any atom is 0.461 e. The van der Waals surface area contributed by atoms with Gasteiger partial charge in [-0.25, -0.2) is 0 Å². The van der Waals surface area contributed by atoms with Gasteiger partial charge in [-0.15, -0.1) is 11.6 Å². The number of aryl methyl sites for hydroxylation is 1. The largest absolute Gasteiger partial charge is 0.461 e. The Morgan fingerprint density at radius 3 is 2.68 bits per heavy atom. The van der Waals surface area contributed by atoms with Gasteiger partial charge < -0.3 is 4.74 Å². The molecule has 2 rings (SSSR count). The molecule has 0 fully saturated rings. The Hall–Kier alpha value is -2.29. The summed E-state index contributed by atoms with van der Waals surface area (Å²) in [5, 5.41) is 3.93. The van der Waals surface area contributed by atoms with E-state index in [-0.39, 0.29) is 12.4 Å². The number of alkyl halides is 5. The second-order valence-electron chi connectivity index (χ2n) is 5.03. The molecule has 0 N–H and O–H groups in total. The van der Waals surface area contributed by atoms with Crippen LogP contribution in [-0.2, 0) is 11.5 Å². The average Bonchev–Trinajstić information content (AvgIpc) is 3.05. The van der Waals surface area contributed by atoms with Crippen molar-refractivity contribution >= 4 is 23.2 Å². The van der Waals surface area contributed by atoms with Crippen LogP contribution in [0.15, 0.2) is 36.7 Å². The lowest BCUT2D eigenvalue weighted by molar-refractivity contribution is -0.253. The van der Waals surface area contributed by atoms with Crippen LogP contribution < -0.4 is 9.64 Å². The smallest absolute Gasteiger partial charge is 0.426 e.